The molecule has 0 bridgehead atoms. The SMILES string of the molecule is Cc1noc(C)c1S(=O)(=O)N1CCN(C(=O)c2sc3ccccc3c2C)CC1. The number of sulfonamides is 1. The van der Waals surface area contributed by atoms with E-state index < -0.39 is 10.0 Å². The van der Waals surface area contributed by atoms with E-state index in [4.69, 9.17) is 4.52 Å². The van der Waals surface area contributed by atoms with Crippen molar-refractivity contribution in [3.63, 3.8) is 0 Å². The molecule has 3 aromatic rings. The number of thiophene rings is 1. The predicted molar refractivity (Wildman–Crippen MR) is 107 cm³/mol. The van der Waals surface area contributed by atoms with Crippen molar-refractivity contribution in [3.05, 3.63) is 46.2 Å². The minimum atomic E-state index is -3.68. The van der Waals surface area contributed by atoms with E-state index in [2.05, 4.69) is 5.16 Å². The Kier molecular flexibility index (Phi) is 4.76. The van der Waals surface area contributed by atoms with Gasteiger partial charge in [-0.2, -0.15) is 4.31 Å². The third-order valence-corrected chi connectivity index (χ3v) is 8.53. The quantitative estimate of drug-likeness (QED) is 0.652. The maximum absolute atomic E-state index is 13.0. The highest BCUT2D eigenvalue weighted by atomic mass is 32.2. The van der Waals surface area contributed by atoms with E-state index >= 15 is 0 Å². The van der Waals surface area contributed by atoms with E-state index in [1.807, 2.05) is 31.2 Å². The second-order valence-corrected chi connectivity index (χ2v) is 9.83. The van der Waals surface area contributed by atoms with Crippen LogP contribution in [0, 0.1) is 20.8 Å². The third kappa shape index (κ3) is 3.03. The minimum Gasteiger partial charge on any atom is -0.360 e. The van der Waals surface area contributed by atoms with Crippen LogP contribution in [0.5, 0.6) is 0 Å². The molecule has 4 rings (SSSR count). The fourth-order valence-electron chi connectivity index (χ4n) is 3.63. The van der Waals surface area contributed by atoms with Gasteiger partial charge in [-0.05, 0) is 37.8 Å². The molecule has 7 nitrogen and oxygen atoms in total. The first-order valence-electron chi connectivity index (χ1n) is 9.01. The second-order valence-electron chi connectivity index (χ2n) is 6.90. The summed E-state index contributed by atoms with van der Waals surface area (Å²) in [5.74, 6) is 0.255. The number of aryl methyl sites for hydroxylation is 3. The molecule has 1 fully saturated rings. The van der Waals surface area contributed by atoms with Crippen LogP contribution in [-0.2, 0) is 10.0 Å². The van der Waals surface area contributed by atoms with Crippen molar-refractivity contribution < 1.29 is 17.7 Å². The first-order valence-corrected chi connectivity index (χ1v) is 11.3. The van der Waals surface area contributed by atoms with Crippen molar-refractivity contribution >= 4 is 37.4 Å². The van der Waals surface area contributed by atoms with E-state index in [-0.39, 0.29) is 29.7 Å². The largest absolute Gasteiger partial charge is 0.360 e. The van der Waals surface area contributed by atoms with E-state index in [1.165, 1.54) is 15.6 Å². The van der Waals surface area contributed by atoms with Gasteiger partial charge in [0.2, 0.25) is 10.0 Å². The maximum Gasteiger partial charge on any atom is 0.264 e. The van der Waals surface area contributed by atoms with Crippen molar-refractivity contribution in [1.82, 2.24) is 14.4 Å². The van der Waals surface area contributed by atoms with Crippen LogP contribution in [0.4, 0.5) is 0 Å². The number of nitrogens with zero attached hydrogens (tertiary/aromatic N) is 3. The number of amides is 1. The Bertz CT molecular complexity index is 1140. The van der Waals surface area contributed by atoms with Crippen LogP contribution in [0.25, 0.3) is 10.1 Å². The highest BCUT2D eigenvalue weighted by Crippen LogP contribution is 2.32. The minimum absolute atomic E-state index is 0.0342. The molecule has 2 aromatic heterocycles. The van der Waals surface area contributed by atoms with Crippen molar-refractivity contribution in [3.8, 4) is 0 Å². The van der Waals surface area contributed by atoms with E-state index in [0.29, 0.717) is 18.8 Å². The Morgan fingerprint density at radius 3 is 2.39 bits per heavy atom. The van der Waals surface area contributed by atoms with E-state index in [9.17, 15) is 13.2 Å². The summed E-state index contributed by atoms with van der Waals surface area (Å²) in [6, 6.07) is 7.96. The van der Waals surface area contributed by atoms with Crippen molar-refractivity contribution in [2.75, 3.05) is 26.2 Å². The summed E-state index contributed by atoms with van der Waals surface area (Å²) in [5, 5.41) is 4.84. The second kappa shape index (κ2) is 6.98. The summed E-state index contributed by atoms with van der Waals surface area (Å²) >= 11 is 1.49. The lowest BCUT2D eigenvalue weighted by Gasteiger charge is -2.33. The first kappa shape index (κ1) is 19.1. The van der Waals surface area contributed by atoms with Gasteiger partial charge in [-0.3, -0.25) is 4.79 Å². The number of rotatable bonds is 3. The summed E-state index contributed by atoms with van der Waals surface area (Å²) in [6.45, 7) is 6.39. The molecular weight excluding hydrogens is 398 g/mol. The zero-order valence-corrected chi connectivity index (χ0v) is 17.6. The van der Waals surface area contributed by atoms with Crippen LogP contribution >= 0.6 is 11.3 Å². The van der Waals surface area contributed by atoms with Crippen molar-refractivity contribution in [1.29, 1.82) is 0 Å². The van der Waals surface area contributed by atoms with Gasteiger partial charge in [-0.15, -0.1) is 11.3 Å². The monoisotopic (exact) mass is 419 g/mol. The highest BCUT2D eigenvalue weighted by molar-refractivity contribution is 7.89. The van der Waals surface area contributed by atoms with Gasteiger partial charge in [0, 0.05) is 30.9 Å². The first-order chi connectivity index (χ1) is 13.3. The van der Waals surface area contributed by atoms with Gasteiger partial charge < -0.3 is 9.42 Å². The lowest BCUT2D eigenvalue weighted by molar-refractivity contribution is 0.0702. The van der Waals surface area contributed by atoms with Crippen molar-refractivity contribution in [2.45, 2.75) is 25.7 Å². The molecule has 0 spiro atoms. The van der Waals surface area contributed by atoms with Crippen molar-refractivity contribution in [2.24, 2.45) is 0 Å². The Morgan fingerprint density at radius 1 is 1.11 bits per heavy atom. The number of benzene rings is 1. The Labute approximate surface area is 167 Å². The zero-order chi connectivity index (χ0) is 20.1. The smallest absolute Gasteiger partial charge is 0.264 e. The van der Waals surface area contributed by atoms with Crippen LogP contribution in [0.15, 0.2) is 33.7 Å². The zero-order valence-electron chi connectivity index (χ0n) is 15.9. The molecule has 28 heavy (non-hydrogen) atoms. The molecule has 1 amide bonds. The maximum atomic E-state index is 13.0. The van der Waals surface area contributed by atoms with Gasteiger partial charge >= 0.3 is 0 Å². The average molecular weight is 420 g/mol. The molecule has 1 aliphatic heterocycles. The molecule has 0 saturated carbocycles. The number of carbonyl (C=O) groups is 1. The highest BCUT2D eigenvalue weighted by Gasteiger charge is 2.34. The fraction of sp³-hybridized carbons (Fsp3) is 0.368. The molecule has 1 aromatic carbocycles. The van der Waals surface area contributed by atoms with Gasteiger partial charge in [0.15, 0.2) is 5.76 Å². The molecule has 148 valence electrons. The molecular formula is C19H21N3O4S2. The Hall–Kier alpha value is -2.23. The number of aromatic nitrogens is 1. The Balaban J connectivity index is 1.52. The van der Waals surface area contributed by atoms with Gasteiger partial charge in [0.1, 0.15) is 10.6 Å². The number of hydrogen-bond acceptors (Lipinski definition) is 6. The summed E-state index contributed by atoms with van der Waals surface area (Å²) in [6.07, 6.45) is 0. The Morgan fingerprint density at radius 2 is 1.79 bits per heavy atom. The lowest BCUT2D eigenvalue weighted by Crippen LogP contribution is -2.50. The number of fused-ring (bicyclic) bond motifs is 1. The number of hydrogen-bond donors (Lipinski definition) is 0. The van der Waals surface area contributed by atoms with Crippen LogP contribution in [0.2, 0.25) is 0 Å². The molecule has 0 radical (unpaired) electrons. The van der Waals surface area contributed by atoms with Crippen LogP contribution in [-0.4, -0.2) is 54.9 Å². The molecule has 0 N–H and O–H groups in total. The summed E-state index contributed by atoms with van der Waals surface area (Å²) in [4.78, 5) is 15.6. The van der Waals surface area contributed by atoms with Crippen LogP contribution < -0.4 is 0 Å². The van der Waals surface area contributed by atoms with E-state index in [0.717, 1.165) is 20.5 Å². The van der Waals surface area contributed by atoms with Gasteiger partial charge in [0.25, 0.3) is 5.91 Å². The molecule has 0 unspecified atom stereocenters. The summed E-state index contributed by atoms with van der Waals surface area (Å²) in [5.41, 5.74) is 1.34. The number of piperazine rings is 1. The predicted octanol–water partition coefficient (Wildman–Crippen LogP) is 2.96. The average Bonchev–Trinajstić information content (AvgIpc) is 3.21. The molecule has 1 aliphatic rings. The number of carbonyl (C=O) groups excluding carboxylic acids is 1. The normalized spacial score (nSPS) is 16.0. The molecule has 3 heterocycles. The van der Waals surface area contributed by atoms with Crippen LogP contribution in [0.3, 0.4) is 0 Å². The molecule has 1 saturated heterocycles. The standard InChI is InChI=1S/C19H21N3O4S2/c1-12-15-6-4-5-7-16(15)27-17(12)19(23)21-8-10-22(11-9-21)28(24,25)18-13(2)20-26-14(18)3/h4-7H,8-11H2,1-3H3. The topological polar surface area (TPSA) is 83.7 Å². The third-order valence-electron chi connectivity index (χ3n) is 5.13. The molecule has 0 aliphatic carbocycles. The lowest BCUT2D eigenvalue weighted by atomic mass is 10.1. The van der Waals surface area contributed by atoms with Gasteiger partial charge in [-0.25, -0.2) is 8.42 Å². The van der Waals surface area contributed by atoms with Crippen LogP contribution in [0.1, 0.15) is 26.7 Å². The van der Waals surface area contributed by atoms with Gasteiger partial charge in [0.05, 0.1) is 4.88 Å². The summed E-state index contributed by atoms with van der Waals surface area (Å²) < 4.78 is 33.4. The molecule has 0 atom stereocenters. The fourth-order valence-corrected chi connectivity index (χ4v) is 6.52. The van der Waals surface area contributed by atoms with Gasteiger partial charge in [-0.1, -0.05) is 23.4 Å². The molecule has 9 heteroatoms. The summed E-state index contributed by atoms with van der Waals surface area (Å²) in [7, 11) is -3.68. The van der Waals surface area contributed by atoms with E-state index in [1.54, 1.807) is 18.7 Å².